The lowest BCUT2D eigenvalue weighted by atomic mass is 10.0. The second-order valence-electron chi connectivity index (χ2n) is 7.56. The van der Waals surface area contributed by atoms with E-state index in [1.165, 1.54) is 12.8 Å². The van der Waals surface area contributed by atoms with Gasteiger partial charge in [-0.3, -0.25) is 9.36 Å². The van der Waals surface area contributed by atoms with Gasteiger partial charge in [0.2, 0.25) is 0 Å². The van der Waals surface area contributed by atoms with E-state index in [0.717, 1.165) is 43.3 Å². The van der Waals surface area contributed by atoms with Crippen LogP contribution in [0.2, 0.25) is 0 Å². The highest BCUT2D eigenvalue weighted by molar-refractivity contribution is 5.81. The van der Waals surface area contributed by atoms with Crippen LogP contribution in [0.5, 0.6) is 11.5 Å². The molecule has 1 saturated heterocycles. The molecule has 1 aromatic heterocycles. The second kappa shape index (κ2) is 8.66. The van der Waals surface area contributed by atoms with Crippen LogP contribution >= 0.6 is 0 Å². The van der Waals surface area contributed by atoms with Crippen LogP contribution < -0.4 is 20.3 Å². The molecule has 152 valence electrons. The molecule has 1 aliphatic rings. The highest BCUT2D eigenvalue weighted by Gasteiger charge is 2.14. The molecule has 0 saturated carbocycles. The van der Waals surface area contributed by atoms with E-state index < -0.39 is 0 Å². The van der Waals surface area contributed by atoms with Gasteiger partial charge < -0.3 is 14.8 Å². The number of nitrogens with zero attached hydrogens (tertiary/aromatic N) is 2. The summed E-state index contributed by atoms with van der Waals surface area (Å²) in [5, 5.41) is 3.98. The van der Waals surface area contributed by atoms with Gasteiger partial charge in [0.15, 0.2) is 0 Å². The number of aromatic nitrogens is 2. The topological polar surface area (TPSA) is 65.4 Å². The molecule has 1 unspecified atom stereocenters. The molecule has 1 fully saturated rings. The van der Waals surface area contributed by atoms with Gasteiger partial charge >= 0.3 is 0 Å². The summed E-state index contributed by atoms with van der Waals surface area (Å²) in [4.78, 5) is 17.4. The Balaban J connectivity index is 1.48. The fourth-order valence-corrected chi connectivity index (χ4v) is 3.86. The average molecular weight is 393 g/mol. The Hall–Kier alpha value is -2.86. The number of hydrogen-bond donors (Lipinski definition) is 1. The number of ether oxygens (including phenoxy) is 2. The molecule has 29 heavy (non-hydrogen) atoms. The van der Waals surface area contributed by atoms with Gasteiger partial charge in [-0.25, -0.2) is 4.98 Å². The van der Waals surface area contributed by atoms with Crippen LogP contribution in [0.1, 0.15) is 19.3 Å². The number of benzene rings is 2. The number of rotatable bonds is 7. The molecule has 0 amide bonds. The Kier molecular flexibility index (Phi) is 5.81. The minimum absolute atomic E-state index is 0.0746. The van der Waals surface area contributed by atoms with Crippen LogP contribution in [-0.2, 0) is 7.05 Å². The molecular weight excluding hydrogens is 366 g/mol. The first-order chi connectivity index (χ1) is 14.2. The van der Waals surface area contributed by atoms with E-state index in [1.54, 1.807) is 36.9 Å². The van der Waals surface area contributed by atoms with Crippen LogP contribution in [0.15, 0.2) is 47.3 Å². The zero-order valence-electron chi connectivity index (χ0n) is 17.0. The molecule has 2 heterocycles. The van der Waals surface area contributed by atoms with Crippen molar-refractivity contribution in [3.63, 3.8) is 0 Å². The largest absolute Gasteiger partial charge is 0.497 e. The Morgan fingerprint density at radius 1 is 1.17 bits per heavy atom. The van der Waals surface area contributed by atoms with Gasteiger partial charge in [-0.15, -0.1) is 0 Å². The lowest BCUT2D eigenvalue weighted by Gasteiger charge is -2.12. The standard InChI is InChI=1S/C23H27N3O3/c1-26-22(25-21-14-19(28-2)9-10-20(21)23(26)27)17-5-7-18(8-6-17)29-13-3-4-16-11-12-24-15-16/h5-10,14,16,24H,3-4,11-13,15H2,1-2H3. The molecule has 2 aromatic carbocycles. The van der Waals surface area contributed by atoms with Crippen LogP contribution in [-0.4, -0.2) is 36.4 Å². The van der Waals surface area contributed by atoms with E-state index in [2.05, 4.69) is 5.32 Å². The summed E-state index contributed by atoms with van der Waals surface area (Å²) in [6, 6.07) is 13.1. The zero-order chi connectivity index (χ0) is 20.2. The van der Waals surface area contributed by atoms with Crippen LogP contribution in [0.25, 0.3) is 22.3 Å². The van der Waals surface area contributed by atoms with Crippen molar-refractivity contribution in [2.24, 2.45) is 13.0 Å². The van der Waals surface area contributed by atoms with Crippen molar-refractivity contribution >= 4 is 10.9 Å². The fraction of sp³-hybridized carbons (Fsp3) is 0.391. The first-order valence-electron chi connectivity index (χ1n) is 10.1. The molecule has 0 spiro atoms. The first kappa shape index (κ1) is 19.5. The molecule has 6 heteroatoms. The van der Waals surface area contributed by atoms with Crippen molar-refractivity contribution in [2.75, 3.05) is 26.8 Å². The third kappa shape index (κ3) is 4.27. The summed E-state index contributed by atoms with van der Waals surface area (Å²) in [6.45, 7) is 3.01. The lowest BCUT2D eigenvalue weighted by molar-refractivity contribution is 0.295. The predicted molar refractivity (Wildman–Crippen MR) is 115 cm³/mol. The van der Waals surface area contributed by atoms with Gasteiger partial charge in [0.1, 0.15) is 17.3 Å². The van der Waals surface area contributed by atoms with E-state index in [9.17, 15) is 4.79 Å². The van der Waals surface area contributed by atoms with Gasteiger partial charge in [-0.2, -0.15) is 0 Å². The molecule has 0 radical (unpaired) electrons. The molecule has 1 aliphatic heterocycles. The van der Waals surface area contributed by atoms with Gasteiger partial charge in [0.05, 0.1) is 24.6 Å². The summed E-state index contributed by atoms with van der Waals surface area (Å²) in [5.41, 5.74) is 1.43. The Morgan fingerprint density at radius 3 is 2.69 bits per heavy atom. The molecule has 4 rings (SSSR count). The Morgan fingerprint density at radius 2 is 1.97 bits per heavy atom. The summed E-state index contributed by atoms with van der Waals surface area (Å²) >= 11 is 0. The molecule has 1 atom stereocenters. The summed E-state index contributed by atoms with van der Waals surface area (Å²) in [6.07, 6.45) is 3.55. The maximum absolute atomic E-state index is 12.7. The maximum Gasteiger partial charge on any atom is 0.261 e. The highest BCUT2D eigenvalue weighted by atomic mass is 16.5. The molecule has 1 N–H and O–H groups in total. The highest BCUT2D eigenvalue weighted by Crippen LogP contribution is 2.23. The molecule has 3 aromatic rings. The minimum Gasteiger partial charge on any atom is -0.497 e. The molecular formula is C23H27N3O3. The van der Waals surface area contributed by atoms with Crippen molar-refractivity contribution in [1.29, 1.82) is 0 Å². The minimum atomic E-state index is -0.0746. The van der Waals surface area contributed by atoms with Crippen molar-refractivity contribution in [3.05, 3.63) is 52.8 Å². The summed E-state index contributed by atoms with van der Waals surface area (Å²) in [7, 11) is 3.35. The number of hydrogen-bond acceptors (Lipinski definition) is 5. The van der Waals surface area contributed by atoms with Crippen LogP contribution in [0.3, 0.4) is 0 Å². The van der Waals surface area contributed by atoms with Crippen molar-refractivity contribution < 1.29 is 9.47 Å². The normalized spacial score (nSPS) is 16.3. The van der Waals surface area contributed by atoms with Crippen molar-refractivity contribution in [2.45, 2.75) is 19.3 Å². The third-order valence-corrected chi connectivity index (χ3v) is 5.58. The predicted octanol–water partition coefficient (Wildman–Crippen LogP) is 3.38. The van der Waals surface area contributed by atoms with E-state index in [4.69, 9.17) is 14.5 Å². The SMILES string of the molecule is COc1ccc2c(=O)n(C)c(-c3ccc(OCCCC4CCNC4)cc3)nc2c1. The van der Waals surface area contributed by atoms with E-state index in [-0.39, 0.29) is 5.56 Å². The van der Waals surface area contributed by atoms with Crippen molar-refractivity contribution in [1.82, 2.24) is 14.9 Å². The smallest absolute Gasteiger partial charge is 0.261 e. The first-order valence-corrected chi connectivity index (χ1v) is 10.1. The number of methoxy groups -OCH3 is 1. The maximum atomic E-state index is 12.7. The van der Waals surface area contributed by atoms with Gasteiger partial charge in [-0.05, 0) is 74.7 Å². The average Bonchev–Trinajstić information content (AvgIpc) is 3.27. The van der Waals surface area contributed by atoms with Crippen LogP contribution in [0.4, 0.5) is 0 Å². The Labute approximate surface area is 170 Å². The lowest BCUT2D eigenvalue weighted by Crippen LogP contribution is -2.20. The summed E-state index contributed by atoms with van der Waals surface area (Å²) < 4.78 is 12.7. The fourth-order valence-electron chi connectivity index (χ4n) is 3.86. The monoisotopic (exact) mass is 393 g/mol. The third-order valence-electron chi connectivity index (χ3n) is 5.58. The quantitative estimate of drug-likeness (QED) is 0.624. The molecule has 0 aliphatic carbocycles. The van der Waals surface area contributed by atoms with Crippen LogP contribution in [0, 0.1) is 5.92 Å². The Bertz CT molecular complexity index is 1040. The van der Waals surface area contributed by atoms with E-state index >= 15 is 0 Å². The zero-order valence-corrected chi connectivity index (χ0v) is 17.0. The molecule has 6 nitrogen and oxygen atoms in total. The number of fused-ring (bicyclic) bond motifs is 1. The van der Waals surface area contributed by atoms with E-state index in [0.29, 0.717) is 22.5 Å². The van der Waals surface area contributed by atoms with E-state index in [1.807, 2.05) is 24.3 Å². The van der Waals surface area contributed by atoms with Gasteiger partial charge in [-0.1, -0.05) is 0 Å². The molecule has 0 bridgehead atoms. The van der Waals surface area contributed by atoms with Gasteiger partial charge in [0.25, 0.3) is 5.56 Å². The van der Waals surface area contributed by atoms with Gasteiger partial charge in [0, 0.05) is 18.7 Å². The number of nitrogens with one attached hydrogen (secondary N) is 1. The second-order valence-corrected chi connectivity index (χ2v) is 7.56. The van der Waals surface area contributed by atoms with Crippen molar-refractivity contribution in [3.8, 4) is 22.9 Å². The summed E-state index contributed by atoms with van der Waals surface area (Å²) in [5.74, 6) is 2.93.